The number of carbonyl (C=O) groups is 1. The molecule has 0 aliphatic carbocycles. The van der Waals surface area contributed by atoms with E-state index in [0.717, 1.165) is 35.3 Å². The normalized spacial score (nSPS) is 12.3. The Kier molecular flexibility index (Phi) is 9.93. The smallest absolute Gasteiger partial charge is 0.224 e. The second-order valence-electron chi connectivity index (χ2n) is 10.5. The lowest BCUT2D eigenvalue weighted by molar-refractivity contribution is -0.121. The highest BCUT2D eigenvalue weighted by Gasteiger charge is 2.17. The molecule has 0 aromatic heterocycles. The van der Waals surface area contributed by atoms with Gasteiger partial charge >= 0.3 is 0 Å². The van der Waals surface area contributed by atoms with E-state index >= 15 is 4.39 Å². The Labute approximate surface area is 230 Å². The van der Waals surface area contributed by atoms with Gasteiger partial charge in [0.25, 0.3) is 0 Å². The van der Waals surface area contributed by atoms with E-state index in [2.05, 4.69) is 22.5 Å². The van der Waals surface area contributed by atoms with Crippen LogP contribution in [-0.2, 0) is 17.6 Å². The van der Waals surface area contributed by atoms with Crippen molar-refractivity contribution < 1.29 is 18.7 Å². The third-order valence-electron chi connectivity index (χ3n) is 5.95. The van der Waals surface area contributed by atoms with Gasteiger partial charge in [0.15, 0.2) is 0 Å². The number of carbonyl (C=O) groups excluding carboxylic acids is 1. The number of hydrogen-bond donors (Lipinski definition) is 3. The molecule has 3 aromatic carbocycles. The zero-order valence-electron chi connectivity index (χ0n) is 23.6. The number of amides is 1. The maximum absolute atomic E-state index is 15.1. The standard InChI is InChI=1S/C31H39FN4O3/c1-7-9-22-16-25(28(34-19-33)18-29(22)38-6)20(2)35-27-13-12-24(17-26(27)32)39-23-11-8-10-21(14-23)15-30(37)36-31(3,4)5/h8,10-14,16-20,35H,7,9,15H2,1-6H3,(H2,33,34)(H,36,37). The lowest BCUT2D eigenvalue weighted by Gasteiger charge is -2.21. The van der Waals surface area contributed by atoms with Gasteiger partial charge in [0.2, 0.25) is 5.91 Å². The first-order valence-corrected chi connectivity index (χ1v) is 13.1. The number of hydrogen-bond acceptors (Lipinski definition) is 5. The van der Waals surface area contributed by atoms with Crippen molar-refractivity contribution in [3.05, 3.63) is 77.1 Å². The second kappa shape index (κ2) is 13.1. The van der Waals surface area contributed by atoms with Crippen LogP contribution in [0.2, 0.25) is 0 Å². The Morgan fingerprint density at radius 2 is 1.87 bits per heavy atom. The van der Waals surface area contributed by atoms with Crippen LogP contribution in [-0.4, -0.2) is 24.9 Å². The van der Waals surface area contributed by atoms with Gasteiger partial charge in [-0.2, -0.15) is 0 Å². The largest absolute Gasteiger partial charge is 0.496 e. The van der Waals surface area contributed by atoms with E-state index in [0.29, 0.717) is 22.9 Å². The molecule has 0 saturated heterocycles. The number of nitrogens with one attached hydrogen (secondary N) is 2. The fourth-order valence-electron chi connectivity index (χ4n) is 4.32. The molecule has 0 aliphatic rings. The van der Waals surface area contributed by atoms with Crippen molar-refractivity contribution in [2.75, 3.05) is 12.4 Å². The van der Waals surface area contributed by atoms with Crippen LogP contribution < -0.4 is 25.8 Å². The number of benzene rings is 3. The fraction of sp³-hybridized carbons (Fsp3) is 0.355. The molecule has 3 rings (SSSR count). The van der Waals surface area contributed by atoms with E-state index in [1.54, 1.807) is 31.4 Å². The van der Waals surface area contributed by atoms with E-state index < -0.39 is 5.82 Å². The third kappa shape index (κ3) is 8.46. The van der Waals surface area contributed by atoms with Gasteiger partial charge in [0.1, 0.15) is 23.1 Å². The van der Waals surface area contributed by atoms with Gasteiger partial charge in [-0.15, -0.1) is 0 Å². The maximum Gasteiger partial charge on any atom is 0.224 e. The summed E-state index contributed by atoms with van der Waals surface area (Å²) in [7, 11) is 1.63. The molecule has 8 heteroatoms. The van der Waals surface area contributed by atoms with Crippen molar-refractivity contribution in [1.29, 1.82) is 0 Å². The van der Waals surface area contributed by atoms with Crippen LogP contribution in [0.3, 0.4) is 0 Å². The molecule has 1 amide bonds. The SMILES string of the molecule is CCCc1cc(C(C)Nc2ccc(Oc3cccc(CC(=O)NC(C)(C)C)c3)cc2F)c(N=CN)cc1OC. The van der Waals surface area contributed by atoms with Crippen molar-refractivity contribution in [2.45, 2.75) is 65.5 Å². The average Bonchev–Trinajstić information content (AvgIpc) is 2.85. The molecular formula is C31H39FN4O3. The number of nitrogens with zero attached hydrogens (tertiary/aromatic N) is 1. The topological polar surface area (TPSA) is 98.0 Å². The molecule has 0 aliphatic heterocycles. The first-order valence-electron chi connectivity index (χ1n) is 13.1. The Hall–Kier alpha value is -4.07. The van der Waals surface area contributed by atoms with Gasteiger partial charge in [-0.3, -0.25) is 4.79 Å². The van der Waals surface area contributed by atoms with E-state index in [-0.39, 0.29) is 23.9 Å². The van der Waals surface area contributed by atoms with Crippen molar-refractivity contribution in [3.8, 4) is 17.2 Å². The summed E-state index contributed by atoms with van der Waals surface area (Å²) in [6.07, 6.45) is 3.27. The number of aryl methyl sites for hydroxylation is 1. The number of rotatable bonds is 11. The first kappa shape index (κ1) is 29.5. The number of aliphatic imine (C=N–C) groups is 1. The molecule has 3 aromatic rings. The summed E-state index contributed by atoms with van der Waals surface area (Å²) in [4.78, 5) is 16.6. The predicted octanol–water partition coefficient (Wildman–Crippen LogP) is 6.83. The van der Waals surface area contributed by atoms with Crippen molar-refractivity contribution in [2.24, 2.45) is 10.7 Å². The number of nitrogens with two attached hydrogens (primary N) is 1. The van der Waals surface area contributed by atoms with Crippen molar-refractivity contribution >= 4 is 23.6 Å². The van der Waals surface area contributed by atoms with E-state index in [1.807, 2.05) is 52.0 Å². The first-order chi connectivity index (χ1) is 18.5. The Morgan fingerprint density at radius 3 is 2.51 bits per heavy atom. The zero-order valence-corrected chi connectivity index (χ0v) is 23.6. The molecule has 208 valence electrons. The average molecular weight is 535 g/mol. The predicted molar refractivity (Wildman–Crippen MR) is 156 cm³/mol. The van der Waals surface area contributed by atoms with Gasteiger partial charge in [-0.25, -0.2) is 9.38 Å². The Morgan fingerprint density at radius 1 is 1.13 bits per heavy atom. The van der Waals surface area contributed by atoms with E-state index in [4.69, 9.17) is 15.2 Å². The van der Waals surface area contributed by atoms with Gasteiger partial charge in [0.05, 0.1) is 37.3 Å². The van der Waals surface area contributed by atoms with Crippen molar-refractivity contribution in [1.82, 2.24) is 5.32 Å². The summed E-state index contributed by atoms with van der Waals surface area (Å²) < 4.78 is 26.6. The Bertz CT molecular complexity index is 1320. The van der Waals surface area contributed by atoms with Gasteiger partial charge in [-0.05, 0) is 75.6 Å². The molecule has 0 bridgehead atoms. The summed E-state index contributed by atoms with van der Waals surface area (Å²) in [5.41, 5.74) is 9.01. The molecule has 7 nitrogen and oxygen atoms in total. The second-order valence-corrected chi connectivity index (χ2v) is 10.5. The summed E-state index contributed by atoms with van der Waals surface area (Å²) in [6, 6.07) is 15.5. The highest BCUT2D eigenvalue weighted by atomic mass is 19.1. The van der Waals surface area contributed by atoms with E-state index in [1.165, 1.54) is 12.4 Å². The van der Waals surface area contributed by atoms with Gasteiger partial charge < -0.3 is 25.8 Å². The van der Waals surface area contributed by atoms with Crippen LogP contribution in [0.5, 0.6) is 17.2 Å². The molecule has 0 heterocycles. The van der Waals surface area contributed by atoms with Crippen LogP contribution in [0.4, 0.5) is 15.8 Å². The monoisotopic (exact) mass is 534 g/mol. The molecule has 0 spiro atoms. The summed E-state index contributed by atoms with van der Waals surface area (Å²) >= 11 is 0. The van der Waals surface area contributed by atoms with E-state index in [9.17, 15) is 4.79 Å². The minimum atomic E-state index is -0.453. The molecule has 1 atom stereocenters. The summed E-state index contributed by atoms with van der Waals surface area (Å²) in [5, 5.41) is 6.19. The number of ether oxygens (including phenoxy) is 2. The molecule has 39 heavy (non-hydrogen) atoms. The fourth-order valence-corrected chi connectivity index (χ4v) is 4.32. The highest BCUT2D eigenvalue weighted by molar-refractivity contribution is 5.79. The number of methoxy groups -OCH3 is 1. The lowest BCUT2D eigenvalue weighted by atomic mass is 9.99. The van der Waals surface area contributed by atoms with Crippen LogP contribution >= 0.6 is 0 Å². The number of anilines is 1. The molecular weight excluding hydrogens is 495 g/mol. The van der Waals surface area contributed by atoms with Crippen LogP contribution in [0.25, 0.3) is 0 Å². The van der Waals surface area contributed by atoms with Gasteiger partial charge in [0, 0.05) is 23.2 Å². The molecule has 4 N–H and O–H groups in total. The van der Waals surface area contributed by atoms with Crippen LogP contribution in [0.15, 0.2) is 59.6 Å². The highest BCUT2D eigenvalue weighted by Crippen LogP contribution is 2.36. The quantitative estimate of drug-likeness (QED) is 0.185. The van der Waals surface area contributed by atoms with Gasteiger partial charge in [-0.1, -0.05) is 25.5 Å². The molecule has 0 radical (unpaired) electrons. The van der Waals surface area contributed by atoms with Crippen LogP contribution in [0, 0.1) is 5.82 Å². The molecule has 0 fully saturated rings. The van der Waals surface area contributed by atoms with Crippen molar-refractivity contribution in [3.63, 3.8) is 0 Å². The Balaban J connectivity index is 1.75. The summed E-state index contributed by atoms with van der Waals surface area (Å²) in [5.74, 6) is 1.10. The van der Waals surface area contributed by atoms with Crippen LogP contribution in [0.1, 0.15) is 63.8 Å². The number of halogens is 1. The lowest BCUT2D eigenvalue weighted by Crippen LogP contribution is -2.41. The third-order valence-corrected chi connectivity index (χ3v) is 5.95. The zero-order chi connectivity index (χ0) is 28.6. The molecule has 0 saturated carbocycles. The minimum Gasteiger partial charge on any atom is -0.496 e. The molecule has 1 unspecified atom stereocenters. The maximum atomic E-state index is 15.1. The minimum absolute atomic E-state index is 0.0748. The summed E-state index contributed by atoms with van der Waals surface area (Å²) in [6.45, 7) is 9.86.